The Morgan fingerprint density at radius 1 is 0.926 bits per heavy atom. The van der Waals surface area contributed by atoms with Crippen molar-refractivity contribution < 1.29 is 13.7 Å². The molecule has 0 saturated heterocycles. The number of nitrogens with zero attached hydrogens (tertiary/aromatic N) is 2. The molecule has 0 unspecified atom stereocenters. The van der Waals surface area contributed by atoms with Crippen LogP contribution in [0.4, 0.5) is 4.39 Å². The van der Waals surface area contributed by atoms with Gasteiger partial charge in [-0.05, 0) is 61.0 Å². The van der Waals surface area contributed by atoms with E-state index in [9.17, 15) is 4.39 Å². The summed E-state index contributed by atoms with van der Waals surface area (Å²) in [7, 11) is 0. The van der Waals surface area contributed by atoms with Crippen LogP contribution in [0.1, 0.15) is 11.1 Å². The second-order valence-electron chi connectivity index (χ2n) is 6.23. The van der Waals surface area contributed by atoms with Crippen molar-refractivity contribution in [2.75, 3.05) is 0 Å². The highest BCUT2D eigenvalue weighted by atomic mass is 19.1. The summed E-state index contributed by atoms with van der Waals surface area (Å²) in [5.74, 6) is 1.41. The molecule has 0 aliphatic carbocycles. The van der Waals surface area contributed by atoms with E-state index >= 15 is 0 Å². The van der Waals surface area contributed by atoms with Crippen molar-refractivity contribution in [1.29, 1.82) is 0 Å². The predicted octanol–water partition coefficient (Wildman–Crippen LogP) is 5.43. The fraction of sp³-hybridized carbons (Fsp3) is 0.0909. The average molecular weight is 360 g/mol. The molecule has 1 aromatic heterocycles. The van der Waals surface area contributed by atoms with Gasteiger partial charge in [0.2, 0.25) is 5.82 Å². The molecular weight excluding hydrogens is 343 g/mol. The van der Waals surface area contributed by atoms with Crippen molar-refractivity contribution in [2.24, 2.45) is 0 Å². The minimum Gasteiger partial charge on any atom is -0.489 e. The first-order valence-electron chi connectivity index (χ1n) is 8.56. The second kappa shape index (κ2) is 7.41. The van der Waals surface area contributed by atoms with Crippen LogP contribution in [0.25, 0.3) is 22.8 Å². The maximum atomic E-state index is 13.2. The lowest BCUT2D eigenvalue weighted by molar-refractivity contribution is 0.305. The topological polar surface area (TPSA) is 48.2 Å². The van der Waals surface area contributed by atoms with Gasteiger partial charge in [-0.1, -0.05) is 35.0 Å². The van der Waals surface area contributed by atoms with E-state index in [0.717, 1.165) is 16.7 Å². The van der Waals surface area contributed by atoms with Crippen LogP contribution in [0.5, 0.6) is 5.75 Å². The number of hydrogen-bond donors (Lipinski definition) is 0. The van der Waals surface area contributed by atoms with Crippen molar-refractivity contribution in [2.45, 2.75) is 13.5 Å². The monoisotopic (exact) mass is 360 g/mol. The zero-order valence-corrected chi connectivity index (χ0v) is 14.7. The van der Waals surface area contributed by atoms with Crippen LogP contribution >= 0.6 is 0 Å². The molecule has 0 N–H and O–H groups in total. The van der Waals surface area contributed by atoms with E-state index in [0.29, 0.717) is 24.1 Å². The minimum atomic E-state index is -0.270. The molecule has 1 heterocycles. The largest absolute Gasteiger partial charge is 0.489 e. The van der Waals surface area contributed by atoms with E-state index in [1.165, 1.54) is 17.7 Å². The molecule has 134 valence electrons. The Morgan fingerprint density at radius 3 is 2.41 bits per heavy atom. The molecule has 0 amide bonds. The van der Waals surface area contributed by atoms with Crippen molar-refractivity contribution in [3.63, 3.8) is 0 Å². The summed E-state index contributed by atoms with van der Waals surface area (Å²) in [6, 6.07) is 21.7. The van der Waals surface area contributed by atoms with Crippen LogP contribution in [0.3, 0.4) is 0 Å². The van der Waals surface area contributed by atoms with Gasteiger partial charge in [-0.15, -0.1) is 0 Å². The van der Waals surface area contributed by atoms with Crippen LogP contribution in [-0.2, 0) is 6.61 Å². The second-order valence-corrected chi connectivity index (χ2v) is 6.23. The molecule has 0 aliphatic rings. The molecule has 0 bridgehead atoms. The maximum absolute atomic E-state index is 13.2. The zero-order chi connectivity index (χ0) is 18.6. The van der Waals surface area contributed by atoms with Crippen molar-refractivity contribution in [3.05, 3.63) is 89.7 Å². The van der Waals surface area contributed by atoms with Gasteiger partial charge in [-0.2, -0.15) is 4.98 Å². The van der Waals surface area contributed by atoms with Gasteiger partial charge >= 0.3 is 0 Å². The number of hydrogen-bond acceptors (Lipinski definition) is 4. The highest BCUT2D eigenvalue weighted by Crippen LogP contribution is 2.24. The summed E-state index contributed by atoms with van der Waals surface area (Å²) in [4.78, 5) is 4.45. The van der Waals surface area contributed by atoms with E-state index in [-0.39, 0.29) is 5.82 Å². The summed E-state index contributed by atoms with van der Waals surface area (Å²) in [6.45, 7) is 2.33. The predicted molar refractivity (Wildman–Crippen MR) is 101 cm³/mol. The van der Waals surface area contributed by atoms with Gasteiger partial charge in [0.1, 0.15) is 18.2 Å². The van der Waals surface area contributed by atoms with E-state index in [1.54, 1.807) is 6.07 Å². The number of rotatable bonds is 5. The van der Waals surface area contributed by atoms with Crippen molar-refractivity contribution in [1.82, 2.24) is 10.1 Å². The molecule has 0 radical (unpaired) electrons. The maximum Gasteiger partial charge on any atom is 0.258 e. The first kappa shape index (κ1) is 17.0. The van der Waals surface area contributed by atoms with Gasteiger partial charge in [-0.3, -0.25) is 0 Å². The summed E-state index contributed by atoms with van der Waals surface area (Å²) < 4.78 is 24.3. The molecule has 0 saturated carbocycles. The highest BCUT2D eigenvalue weighted by molar-refractivity contribution is 5.60. The van der Waals surface area contributed by atoms with Gasteiger partial charge in [0.05, 0.1) is 0 Å². The lowest BCUT2D eigenvalue weighted by Crippen LogP contribution is -1.95. The molecule has 0 aliphatic heterocycles. The van der Waals surface area contributed by atoms with Gasteiger partial charge in [0.25, 0.3) is 5.89 Å². The fourth-order valence-electron chi connectivity index (χ4n) is 2.65. The smallest absolute Gasteiger partial charge is 0.258 e. The van der Waals surface area contributed by atoms with Gasteiger partial charge in [0.15, 0.2) is 0 Å². The SMILES string of the molecule is Cc1ccc(-c2nc(-c3ccc(OCc4cccc(F)c4)cc3)no2)cc1. The van der Waals surface area contributed by atoms with E-state index in [2.05, 4.69) is 10.1 Å². The van der Waals surface area contributed by atoms with E-state index in [1.807, 2.05) is 61.5 Å². The van der Waals surface area contributed by atoms with Crippen molar-refractivity contribution >= 4 is 0 Å². The van der Waals surface area contributed by atoms with Crippen LogP contribution < -0.4 is 4.74 Å². The fourth-order valence-corrected chi connectivity index (χ4v) is 2.65. The first-order valence-corrected chi connectivity index (χ1v) is 8.56. The summed E-state index contributed by atoms with van der Waals surface area (Å²) >= 11 is 0. The number of benzene rings is 3. The molecule has 0 atom stereocenters. The summed E-state index contributed by atoms with van der Waals surface area (Å²) in [5, 5.41) is 4.05. The Balaban J connectivity index is 1.45. The number of aryl methyl sites for hydroxylation is 1. The summed E-state index contributed by atoms with van der Waals surface area (Å²) in [6.07, 6.45) is 0. The molecule has 5 heteroatoms. The standard InChI is InChI=1S/C22H17FN2O2/c1-15-5-7-18(8-6-15)22-24-21(25-27-22)17-9-11-20(12-10-17)26-14-16-3-2-4-19(23)13-16/h2-13H,14H2,1H3. The molecule has 3 aromatic carbocycles. The molecule has 27 heavy (non-hydrogen) atoms. The van der Waals surface area contributed by atoms with Crippen LogP contribution in [-0.4, -0.2) is 10.1 Å². The Morgan fingerprint density at radius 2 is 1.67 bits per heavy atom. The Bertz CT molecular complexity index is 1040. The minimum absolute atomic E-state index is 0.270. The van der Waals surface area contributed by atoms with Gasteiger partial charge in [-0.25, -0.2) is 4.39 Å². The molecule has 0 fully saturated rings. The van der Waals surface area contributed by atoms with Crippen LogP contribution in [0.15, 0.2) is 77.3 Å². The molecule has 4 rings (SSSR count). The Labute approximate surface area is 156 Å². The van der Waals surface area contributed by atoms with Crippen molar-refractivity contribution in [3.8, 4) is 28.6 Å². The molecular formula is C22H17FN2O2. The molecule has 0 spiro atoms. The molecule has 4 nitrogen and oxygen atoms in total. The van der Waals surface area contributed by atoms with Crippen LogP contribution in [0, 0.1) is 12.7 Å². The normalized spacial score (nSPS) is 10.7. The van der Waals surface area contributed by atoms with E-state index < -0.39 is 0 Å². The summed E-state index contributed by atoms with van der Waals surface area (Å²) in [5.41, 5.74) is 3.66. The lowest BCUT2D eigenvalue weighted by Gasteiger charge is -2.06. The number of halogens is 1. The Kier molecular flexibility index (Phi) is 4.66. The quantitative estimate of drug-likeness (QED) is 0.476. The third-order valence-corrected chi connectivity index (χ3v) is 4.13. The van der Waals surface area contributed by atoms with Gasteiger partial charge in [0, 0.05) is 11.1 Å². The van der Waals surface area contributed by atoms with E-state index in [4.69, 9.17) is 9.26 Å². The first-order chi connectivity index (χ1) is 13.2. The third kappa shape index (κ3) is 4.03. The molecule has 4 aromatic rings. The third-order valence-electron chi connectivity index (χ3n) is 4.13. The highest BCUT2D eigenvalue weighted by Gasteiger charge is 2.10. The number of ether oxygens (including phenoxy) is 1. The Hall–Kier alpha value is -3.47. The number of aromatic nitrogens is 2. The lowest BCUT2D eigenvalue weighted by atomic mass is 10.1. The zero-order valence-electron chi connectivity index (χ0n) is 14.7. The van der Waals surface area contributed by atoms with Crippen LogP contribution in [0.2, 0.25) is 0 Å². The van der Waals surface area contributed by atoms with Gasteiger partial charge < -0.3 is 9.26 Å². The average Bonchev–Trinajstić information content (AvgIpc) is 3.18.